The van der Waals surface area contributed by atoms with Crippen molar-refractivity contribution in [2.24, 2.45) is 11.3 Å². The van der Waals surface area contributed by atoms with Crippen molar-refractivity contribution in [3.63, 3.8) is 0 Å². The van der Waals surface area contributed by atoms with Crippen LogP contribution >= 0.6 is 0 Å². The molecule has 1 N–H and O–H groups in total. The number of amides is 2. The Hall–Kier alpha value is -3.14. The van der Waals surface area contributed by atoms with Crippen molar-refractivity contribution in [2.75, 3.05) is 26.7 Å². The van der Waals surface area contributed by atoms with Crippen molar-refractivity contribution in [1.29, 1.82) is 0 Å². The molecular weight excluding hydrogens is 497 g/mol. The summed E-state index contributed by atoms with van der Waals surface area (Å²) in [6.07, 6.45) is -1.49. The number of hydrogen-bond acceptors (Lipinski definition) is 5. The average Bonchev–Trinajstić information content (AvgIpc) is 3.24. The van der Waals surface area contributed by atoms with Gasteiger partial charge in [-0.1, -0.05) is 32.9 Å². The Balaban J connectivity index is 1.41. The number of rotatable bonds is 5. The molecule has 0 bridgehead atoms. The number of halogens is 3. The summed E-state index contributed by atoms with van der Waals surface area (Å²) in [6, 6.07) is 7.11. The van der Waals surface area contributed by atoms with Crippen molar-refractivity contribution in [3.8, 4) is 0 Å². The molecule has 0 spiro atoms. The van der Waals surface area contributed by atoms with E-state index in [1.165, 1.54) is 19.2 Å². The number of hydrogen-bond donors (Lipinski definition) is 1. The van der Waals surface area contributed by atoms with E-state index in [0.717, 1.165) is 41.8 Å². The van der Waals surface area contributed by atoms with Crippen LogP contribution in [0.2, 0.25) is 0 Å². The van der Waals surface area contributed by atoms with Gasteiger partial charge in [0.25, 0.3) is 5.91 Å². The summed E-state index contributed by atoms with van der Waals surface area (Å²) in [5.41, 5.74) is 2.29. The zero-order valence-corrected chi connectivity index (χ0v) is 22.3. The minimum atomic E-state index is -4.36. The largest absolute Gasteiger partial charge is 0.453 e. The van der Waals surface area contributed by atoms with Gasteiger partial charge in [0.05, 0.1) is 30.0 Å². The number of pyridine rings is 1. The zero-order valence-electron chi connectivity index (χ0n) is 22.3. The van der Waals surface area contributed by atoms with E-state index in [4.69, 9.17) is 9.72 Å². The highest BCUT2D eigenvalue weighted by atomic mass is 19.4. The first-order chi connectivity index (χ1) is 17.9. The zero-order chi connectivity index (χ0) is 27.7. The fourth-order valence-corrected chi connectivity index (χ4v) is 5.43. The molecule has 2 aliphatic heterocycles. The lowest BCUT2D eigenvalue weighted by Crippen LogP contribution is -2.41. The highest BCUT2D eigenvalue weighted by Gasteiger charge is 2.40. The Morgan fingerprint density at radius 2 is 1.76 bits per heavy atom. The Morgan fingerprint density at radius 1 is 1.11 bits per heavy atom. The second-order valence-electron chi connectivity index (χ2n) is 11.2. The summed E-state index contributed by atoms with van der Waals surface area (Å²) in [4.78, 5) is 33.2. The van der Waals surface area contributed by atoms with Gasteiger partial charge in [-0.05, 0) is 53.5 Å². The second kappa shape index (κ2) is 10.9. The third kappa shape index (κ3) is 6.28. The highest BCUT2D eigenvalue weighted by Crippen LogP contribution is 2.45. The first-order valence-electron chi connectivity index (χ1n) is 12.9. The van der Waals surface area contributed by atoms with Crippen LogP contribution in [0.4, 0.5) is 18.0 Å². The van der Waals surface area contributed by atoms with Crippen LogP contribution in [0.5, 0.6) is 0 Å². The van der Waals surface area contributed by atoms with Gasteiger partial charge in [0, 0.05) is 38.9 Å². The van der Waals surface area contributed by atoms with Gasteiger partial charge in [-0.3, -0.25) is 14.7 Å². The van der Waals surface area contributed by atoms with Gasteiger partial charge in [0.15, 0.2) is 0 Å². The molecule has 1 atom stereocenters. The molecule has 1 saturated heterocycles. The molecule has 0 radical (unpaired) electrons. The molecule has 2 aliphatic rings. The van der Waals surface area contributed by atoms with Gasteiger partial charge >= 0.3 is 12.3 Å². The number of likely N-dealkylation sites (tertiary alicyclic amines) is 1. The van der Waals surface area contributed by atoms with Crippen molar-refractivity contribution in [1.82, 2.24) is 20.1 Å². The number of methoxy groups -OCH3 is 1. The lowest BCUT2D eigenvalue weighted by molar-refractivity contribution is -0.137. The van der Waals surface area contributed by atoms with E-state index >= 15 is 0 Å². The summed E-state index contributed by atoms with van der Waals surface area (Å²) in [5.74, 6) is 0.0935. The van der Waals surface area contributed by atoms with Crippen LogP contribution in [0.25, 0.3) is 0 Å². The standard InChI is InChI=1S/C28H35F3N4O3/c1-27(2,3)24-23-21(17-35(24)16-19-5-7-22(8-6-19)28(29,30)31)13-20(15-32-23)25(36)33-14-18-9-11-34(12-10-18)26(37)38-4/h5-8,13,15,18,24H,9-12,14,16-17H2,1-4H3,(H,33,36). The Kier molecular flexibility index (Phi) is 8.01. The van der Waals surface area contributed by atoms with E-state index in [1.807, 2.05) is 6.07 Å². The predicted molar refractivity (Wildman–Crippen MR) is 136 cm³/mol. The summed E-state index contributed by atoms with van der Waals surface area (Å²) >= 11 is 0. The van der Waals surface area contributed by atoms with Gasteiger partial charge < -0.3 is 15.0 Å². The quantitative estimate of drug-likeness (QED) is 0.557. The number of carbonyl (C=O) groups excluding carboxylic acids is 2. The molecule has 1 aromatic carbocycles. The molecule has 206 valence electrons. The maximum atomic E-state index is 13.0. The molecular formula is C28H35F3N4O3. The number of nitrogens with one attached hydrogen (secondary N) is 1. The molecule has 38 heavy (non-hydrogen) atoms. The first kappa shape index (κ1) is 27.9. The van der Waals surface area contributed by atoms with E-state index in [9.17, 15) is 22.8 Å². The maximum Gasteiger partial charge on any atom is 0.416 e. The molecule has 10 heteroatoms. The summed E-state index contributed by atoms with van der Waals surface area (Å²) in [6.45, 7) is 9.10. The number of piperidine rings is 1. The van der Waals surface area contributed by atoms with Crippen LogP contribution in [0.15, 0.2) is 36.5 Å². The number of alkyl halides is 3. The van der Waals surface area contributed by atoms with Gasteiger partial charge in [0.2, 0.25) is 0 Å². The van der Waals surface area contributed by atoms with E-state index in [0.29, 0.717) is 38.3 Å². The normalized spacial score (nSPS) is 18.8. The number of benzene rings is 1. The molecule has 2 aromatic rings. The number of fused-ring (bicyclic) bond motifs is 1. The first-order valence-corrected chi connectivity index (χ1v) is 12.9. The number of nitrogens with zero attached hydrogens (tertiary/aromatic N) is 3. The third-order valence-electron chi connectivity index (χ3n) is 7.35. The lowest BCUT2D eigenvalue weighted by Gasteiger charge is -2.35. The van der Waals surface area contributed by atoms with Crippen LogP contribution in [0.1, 0.15) is 72.4 Å². The summed E-state index contributed by atoms with van der Waals surface area (Å²) in [7, 11) is 1.37. The highest BCUT2D eigenvalue weighted by molar-refractivity contribution is 5.94. The van der Waals surface area contributed by atoms with Gasteiger partial charge in [-0.15, -0.1) is 0 Å². The summed E-state index contributed by atoms with van der Waals surface area (Å²) in [5, 5.41) is 3.01. The van der Waals surface area contributed by atoms with Gasteiger partial charge in [0.1, 0.15) is 0 Å². The molecule has 3 heterocycles. The number of carbonyl (C=O) groups is 2. The predicted octanol–water partition coefficient (Wildman–Crippen LogP) is 5.41. The Bertz CT molecular complexity index is 1150. The molecule has 2 amide bonds. The molecule has 7 nitrogen and oxygen atoms in total. The van der Waals surface area contributed by atoms with Crippen LogP contribution < -0.4 is 5.32 Å². The van der Waals surface area contributed by atoms with Gasteiger partial charge in [-0.25, -0.2) is 4.79 Å². The van der Waals surface area contributed by atoms with Crippen molar-refractivity contribution >= 4 is 12.0 Å². The Morgan fingerprint density at radius 3 is 2.34 bits per heavy atom. The van der Waals surface area contributed by atoms with Crippen LogP contribution in [0.3, 0.4) is 0 Å². The van der Waals surface area contributed by atoms with Crippen LogP contribution in [0, 0.1) is 11.3 Å². The smallest absolute Gasteiger partial charge is 0.416 e. The minimum absolute atomic E-state index is 0.0445. The van der Waals surface area contributed by atoms with Crippen molar-refractivity contribution in [2.45, 2.75) is 58.9 Å². The Labute approximate surface area is 221 Å². The molecule has 0 aliphatic carbocycles. The minimum Gasteiger partial charge on any atom is -0.453 e. The van der Waals surface area contributed by atoms with E-state index in [2.05, 4.69) is 31.0 Å². The second-order valence-corrected chi connectivity index (χ2v) is 11.2. The monoisotopic (exact) mass is 532 g/mol. The van der Waals surface area contributed by atoms with E-state index in [-0.39, 0.29) is 29.4 Å². The van der Waals surface area contributed by atoms with Crippen LogP contribution in [-0.4, -0.2) is 53.5 Å². The van der Waals surface area contributed by atoms with Gasteiger partial charge in [-0.2, -0.15) is 13.2 Å². The van der Waals surface area contributed by atoms with E-state index < -0.39 is 11.7 Å². The number of ether oxygens (including phenoxy) is 1. The molecule has 4 rings (SSSR count). The number of aromatic nitrogens is 1. The third-order valence-corrected chi connectivity index (χ3v) is 7.35. The molecule has 1 unspecified atom stereocenters. The fraction of sp³-hybridized carbons (Fsp3) is 0.536. The molecule has 0 saturated carbocycles. The van der Waals surface area contributed by atoms with Crippen molar-refractivity contribution in [3.05, 3.63) is 64.5 Å². The average molecular weight is 533 g/mol. The molecule has 1 aromatic heterocycles. The SMILES string of the molecule is COC(=O)N1CCC(CNC(=O)c2cnc3c(c2)CN(Cc2ccc(C(F)(F)F)cc2)C3C(C)(C)C)CC1. The molecule has 1 fully saturated rings. The van der Waals surface area contributed by atoms with Crippen molar-refractivity contribution < 1.29 is 27.5 Å². The maximum absolute atomic E-state index is 13.0. The van der Waals surface area contributed by atoms with Crippen LogP contribution in [-0.2, 0) is 24.0 Å². The van der Waals surface area contributed by atoms with E-state index in [1.54, 1.807) is 11.1 Å². The summed E-state index contributed by atoms with van der Waals surface area (Å²) < 4.78 is 43.7. The fourth-order valence-electron chi connectivity index (χ4n) is 5.43. The topological polar surface area (TPSA) is 74.8 Å². The lowest BCUT2D eigenvalue weighted by atomic mass is 9.84.